The Hall–Kier alpha value is -0.170. The largest absolute Gasteiger partial charge is 0.328 e. The van der Waals surface area contributed by atoms with Gasteiger partial charge in [0.1, 0.15) is 0 Å². The Morgan fingerprint density at radius 1 is 1.00 bits per heavy atom. The molecule has 2 saturated heterocycles. The highest BCUT2D eigenvalue weighted by Gasteiger charge is 2.48. The van der Waals surface area contributed by atoms with Crippen molar-refractivity contribution in [3.05, 3.63) is 0 Å². The van der Waals surface area contributed by atoms with Gasteiger partial charge in [-0.25, -0.2) is 0 Å². The molecule has 2 bridgehead atoms. The molecule has 5 nitrogen and oxygen atoms in total. The molecule has 1 saturated carbocycles. The van der Waals surface area contributed by atoms with Crippen molar-refractivity contribution in [3.63, 3.8) is 0 Å². The van der Waals surface area contributed by atoms with Crippen LogP contribution in [0.5, 0.6) is 0 Å². The number of fused-ring (bicyclic) bond motifs is 2. The molecule has 3 rings (SSSR count). The van der Waals surface area contributed by atoms with E-state index in [1.807, 2.05) is 0 Å². The summed E-state index contributed by atoms with van der Waals surface area (Å²) in [6.45, 7) is 0. The molecule has 2 unspecified atom stereocenters. The third-order valence-electron chi connectivity index (χ3n) is 5.42. The monoisotopic (exact) mass is 301 g/mol. The van der Waals surface area contributed by atoms with E-state index >= 15 is 0 Å². The van der Waals surface area contributed by atoms with Crippen molar-refractivity contribution in [2.75, 3.05) is 7.05 Å². The molecular formula is C14H27N3O2S. The lowest BCUT2D eigenvalue weighted by molar-refractivity contribution is 0.197. The Balaban J connectivity index is 1.77. The third-order valence-corrected chi connectivity index (χ3v) is 7.58. The number of hydrogen-bond acceptors (Lipinski definition) is 3. The molecule has 0 aromatic heterocycles. The van der Waals surface area contributed by atoms with Crippen molar-refractivity contribution < 1.29 is 8.42 Å². The summed E-state index contributed by atoms with van der Waals surface area (Å²) in [6, 6.07) is 0.655. The predicted octanol–water partition coefficient (Wildman–Crippen LogP) is 1.45. The molecule has 116 valence electrons. The van der Waals surface area contributed by atoms with Crippen molar-refractivity contribution in [3.8, 4) is 0 Å². The predicted molar refractivity (Wildman–Crippen MR) is 79.4 cm³/mol. The van der Waals surface area contributed by atoms with E-state index in [2.05, 4.69) is 0 Å². The van der Waals surface area contributed by atoms with E-state index in [-0.39, 0.29) is 24.2 Å². The van der Waals surface area contributed by atoms with E-state index in [9.17, 15) is 8.42 Å². The number of piperidine rings is 1. The van der Waals surface area contributed by atoms with Gasteiger partial charge in [0.05, 0.1) is 0 Å². The number of nitrogens with two attached hydrogens (primary N) is 1. The van der Waals surface area contributed by atoms with Crippen LogP contribution in [0.15, 0.2) is 0 Å². The van der Waals surface area contributed by atoms with Crippen LogP contribution in [0, 0.1) is 0 Å². The minimum atomic E-state index is -3.31. The molecule has 20 heavy (non-hydrogen) atoms. The van der Waals surface area contributed by atoms with Crippen molar-refractivity contribution in [2.45, 2.75) is 82.0 Å². The second-order valence-electron chi connectivity index (χ2n) is 6.76. The number of nitrogens with zero attached hydrogens (tertiary/aromatic N) is 2. The first-order valence-electron chi connectivity index (χ1n) is 8.02. The highest BCUT2D eigenvalue weighted by molar-refractivity contribution is 7.86. The summed E-state index contributed by atoms with van der Waals surface area (Å²) >= 11 is 0. The molecule has 3 aliphatic rings. The van der Waals surface area contributed by atoms with Gasteiger partial charge in [-0.3, -0.25) is 0 Å². The van der Waals surface area contributed by atoms with Crippen molar-refractivity contribution >= 4 is 10.2 Å². The lowest BCUT2D eigenvalue weighted by Crippen LogP contribution is -2.55. The molecule has 2 N–H and O–H groups in total. The Morgan fingerprint density at radius 2 is 1.55 bits per heavy atom. The number of hydrogen-bond donors (Lipinski definition) is 1. The molecule has 0 aromatic carbocycles. The molecular weight excluding hydrogens is 274 g/mol. The second-order valence-corrected chi connectivity index (χ2v) is 8.66. The van der Waals surface area contributed by atoms with Gasteiger partial charge in [0, 0.05) is 31.2 Å². The van der Waals surface area contributed by atoms with E-state index < -0.39 is 10.2 Å². The average molecular weight is 301 g/mol. The van der Waals surface area contributed by atoms with E-state index in [1.165, 1.54) is 6.42 Å². The smallest absolute Gasteiger partial charge is 0.282 e. The van der Waals surface area contributed by atoms with Gasteiger partial charge >= 0.3 is 0 Å². The van der Waals surface area contributed by atoms with Gasteiger partial charge in [0.2, 0.25) is 0 Å². The zero-order chi connectivity index (χ0) is 14.3. The van der Waals surface area contributed by atoms with Crippen LogP contribution in [-0.2, 0) is 10.2 Å². The molecule has 0 radical (unpaired) electrons. The van der Waals surface area contributed by atoms with E-state index in [0.717, 1.165) is 51.4 Å². The molecule has 0 spiro atoms. The average Bonchev–Trinajstić information content (AvgIpc) is 2.72. The van der Waals surface area contributed by atoms with Gasteiger partial charge in [0.25, 0.3) is 10.2 Å². The maximum atomic E-state index is 13.0. The normalized spacial score (nSPS) is 36.6. The molecule has 0 amide bonds. The number of rotatable bonds is 3. The van der Waals surface area contributed by atoms with E-state index in [0.29, 0.717) is 0 Å². The quantitative estimate of drug-likeness (QED) is 0.858. The fourth-order valence-corrected chi connectivity index (χ4v) is 6.36. The van der Waals surface area contributed by atoms with Gasteiger partial charge in [-0.15, -0.1) is 0 Å². The van der Waals surface area contributed by atoms with Crippen molar-refractivity contribution in [2.24, 2.45) is 5.73 Å². The summed E-state index contributed by atoms with van der Waals surface area (Å²) in [7, 11) is -1.53. The maximum Gasteiger partial charge on any atom is 0.282 e. The zero-order valence-corrected chi connectivity index (χ0v) is 13.2. The van der Waals surface area contributed by atoms with Crippen molar-refractivity contribution in [1.82, 2.24) is 8.61 Å². The first kappa shape index (κ1) is 14.8. The molecule has 3 fully saturated rings. The molecule has 2 heterocycles. The SMILES string of the molecule is CN(C1CCCCC1)S(=O)(=O)N1C2CCC1CC(N)C2. The van der Waals surface area contributed by atoms with Crippen LogP contribution in [0.25, 0.3) is 0 Å². The summed E-state index contributed by atoms with van der Waals surface area (Å²) in [5.41, 5.74) is 6.04. The van der Waals surface area contributed by atoms with Gasteiger partial charge < -0.3 is 5.73 Å². The molecule has 2 aliphatic heterocycles. The summed E-state index contributed by atoms with van der Waals surface area (Å²) in [4.78, 5) is 0. The minimum absolute atomic E-state index is 0.139. The lowest BCUT2D eigenvalue weighted by atomic mass is 9.96. The van der Waals surface area contributed by atoms with Crippen LogP contribution in [0.2, 0.25) is 0 Å². The zero-order valence-electron chi connectivity index (χ0n) is 12.4. The first-order chi connectivity index (χ1) is 9.50. The summed E-state index contributed by atoms with van der Waals surface area (Å²) in [5.74, 6) is 0. The Morgan fingerprint density at radius 3 is 2.10 bits per heavy atom. The minimum Gasteiger partial charge on any atom is -0.328 e. The van der Waals surface area contributed by atoms with Gasteiger partial charge in [-0.05, 0) is 38.5 Å². The van der Waals surface area contributed by atoms with Crippen LogP contribution in [0.3, 0.4) is 0 Å². The lowest BCUT2D eigenvalue weighted by Gasteiger charge is -2.41. The van der Waals surface area contributed by atoms with Gasteiger partial charge in [0.15, 0.2) is 0 Å². The highest BCUT2D eigenvalue weighted by Crippen LogP contribution is 2.39. The first-order valence-corrected chi connectivity index (χ1v) is 9.42. The standard InChI is InChI=1S/C14H27N3O2S/c1-16(12-5-3-2-4-6-12)20(18,19)17-13-7-8-14(17)10-11(15)9-13/h11-14H,2-10,15H2,1H3. The van der Waals surface area contributed by atoms with Gasteiger partial charge in [-0.1, -0.05) is 19.3 Å². The van der Waals surface area contributed by atoms with Crippen molar-refractivity contribution in [1.29, 1.82) is 0 Å². The Kier molecular flexibility index (Phi) is 4.10. The molecule has 1 aliphatic carbocycles. The Labute approximate surface area is 122 Å². The summed E-state index contributed by atoms with van der Waals surface area (Å²) < 4.78 is 29.4. The fraction of sp³-hybridized carbons (Fsp3) is 1.00. The molecule has 2 atom stereocenters. The topological polar surface area (TPSA) is 66.6 Å². The van der Waals surface area contributed by atoms with Crippen LogP contribution in [0.1, 0.15) is 57.8 Å². The van der Waals surface area contributed by atoms with Crippen LogP contribution in [0.4, 0.5) is 0 Å². The summed E-state index contributed by atoms with van der Waals surface area (Å²) in [6.07, 6.45) is 9.20. The van der Waals surface area contributed by atoms with E-state index in [1.54, 1.807) is 15.7 Å². The van der Waals surface area contributed by atoms with Crippen LogP contribution in [-0.4, -0.2) is 48.2 Å². The van der Waals surface area contributed by atoms with E-state index in [4.69, 9.17) is 5.73 Å². The van der Waals surface area contributed by atoms with Crippen LogP contribution >= 0.6 is 0 Å². The summed E-state index contributed by atoms with van der Waals surface area (Å²) in [5, 5.41) is 0. The second kappa shape index (κ2) is 5.55. The fourth-order valence-electron chi connectivity index (χ4n) is 4.33. The van der Waals surface area contributed by atoms with Crippen LogP contribution < -0.4 is 5.73 Å². The highest BCUT2D eigenvalue weighted by atomic mass is 32.2. The maximum absolute atomic E-state index is 13.0. The molecule has 6 heteroatoms. The van der Waals surface area contributed by atoms with Gasteiger partial charge in [-0.2, -0.15) is 17.0 Å². The Bertz CT molecular complexity index is 433. The third kappa shape index (κ3) is 2.51. The molecule has 0 aromatic rings.